The van der Waals surface area contributed by atoms with E-state index in [1.54, 1.807) is 31.2 Å². The summed E-state index contributed by atoms with van der Waals surface area (Å²) in [7, 11) is 0. The number of aliphatic carboxylic acids is 1. The van der Waals surface area contributed by atoms with Crippen LogP contribution in [0.5, 0.6) is 0 Å². The van der Waals surface area contributed by atoms with Crippen LogP contribution in [0.1, 0.15) is 37.3 Å². The smallest absolute Gasteiger partial charge is 0.310 e. The Kier molecular flexibility index (Phi) is 4.05. The first kappa shape index (κ1) is 12.2. The molecule has 1 atom stereocenters. The van der Waals surface area contributed by atoms with Crippen LogP contribution in [-0.4, -0.2) is 22.0 Å². The highest BCUT2D eigenvalue weighted by atomic mass is 16.4. The normalized spacial score (nSPS) is 13.5. The van der Waals surface area contributed by atoms with Gasteiger partial charge in [0.1, 0.15) is 0 Å². The van der Waals surface area contributed by atoms with Crippen LogP contribution in [0.15, 0.2) is 29.4 Å². The summed E-state index contributed by atoms with van der Waals surface area (Å²) in [5.74, 6) is -1.29. The van der Waals surface area contributed by atoms with Gasteiger partial charge in [-0.3, -0.25) is 4.79 Å². The number of oxime groups is 1. The van der Waals surface area contributed by atoms with E-state index in [-0.39, 0.29) is 0 Å². The Labute approximate surface area is 94.2 Å². The van der Waals surface area contributed by atoms with Crippen molar-refractivity contribution in [3.63, 3.8) is 0 Å². The Hall–Kier alpha value is -1.84. The molecule has 0 aliphatic heterocycles. The molecule has 0 aliphatic carbocycles. The second-order valence-corrected chi connectivity index (χ2v) is 3.61. The lowest BCUT2D eigenvalue weighted by Gasteiger charge is -2.10. The lowest BCUT2D eigenvalue weighted by atomic mass is 9.95. The van der Waals surface area contributed by atoms with Gasteiger partial charge in [-0.15, -0.1) is 0 Å². The van der Waals surface area contributed by atoms with E-state index in [9.17, 15) is 4.79 Å². The van der Waals surface area contributed by atoms with E-state index >= 15 is 0 Å². The van der Waals surface area contributed by atoms with Gasteiger partial charge in [-0.05, 0) is 24.5 Å². The van der Waals surface area contributed by atoms with Crippen LogP contribution in [0, 0.1) is 0 Å². The first-order valence-corrected chi connectivity index (χ1v) is 5.12. The zero-order valence-electron chi connectivity index (χ0n) is 9.34. The van der Waals surface area contributed by atoms with Gasteiger partial charge in [0.2, 0.25) is 0 Å². The molecule has 0 bridgehead atoms. The average Bonchev–Trinajstić information content (AvgIpc) is 2.29. The molecule has 4 heteroatoms. The predicted octanol–water partition coefficient (Wildman–Crippen LogP) is 2.46. The number of nitrogens with zero attached hydrogens (tertiary/aromatic N) is 1. The Morgan fingerprint density at radius 3 is 2.31 bits per heavy atom. The molecule has 86 valence electrons. The fourth-order valence-electron chi connectivity index (χ4n) is 1.57. The molecule has 0 aromatic heterocycles. The Morgan fingerprint density at radius 2 is 1.94 bits per heavy atom. The Morgan fingerprint density at radius 1 is 1.38 bits per heavy atom. The van der Waals surface area contributed by atoms with E-state index in [0.717, 1.165) is 11.1 Å². The number of carboxylic acid groups (broad SMARTS) is 1. The molecule has 0 heterocycles. The van der Waals surface area contributed by atoms with Gasteiger partial charge >= 0.3 is 5.97 Å². The van der Waals surface area contributed by atoms with Gasteiger partial charge in [-0.1, -0.05) is 36.3 Å². The molecule has 0 spiro atoms. The van der Waals surface area contributed by atoms with E-state index in [1.807, 2.05) is 6.92 Å². The van der Waals surface area contributed by atoms with E-state index < -0.39 is 11.9 Å². The molecule has 2 N–H and O–H groups in total. The maximum Gasteiger partial charge on any atom is 0.310 e. The highest BCUT2D eigenvalue weighted by Gasteiger charge is 2.17. The highest BCUT2D eigenvalue weighted by molar-refractivity contribution is 5.98. The third-order valence-corrected chi connectivity index (χ3v) is 2.59. The van der Waals surface area contributed by atoms with Gasteiger partial charge in [0.25, 0.3) is 0 Å². The van der Waals surface area contributed by atoms with E-state index in [2.05, 4.69) is 5.16 Å². The van der Waals surface area contributed by atoms with Crippen LogP contribution in [0.25, 0.3) is 0 Å². The molecule has 1 aromatic carbocycles. The molecule has 16 heavy (non-hydrogen) atoms. The van der Waals surface area contributed by atoms with Gasteiger partial charge in [-0.25, -0.2) is 0 Å². The lowest BCUT2D eigenvalue weighted by molar-refractivity contribution is -0.138. The highest BCUT2D eigenvalue weighted by Crippen LogP contribution is 2.20. The van der Waals surface area contributed by atoms with Gasteiger partial charge in [0.15, 0.2) is 0 Å². The molecule has 0 saturated heterocycles. The summed E-state index contributed by atoms with van der Waals surface area (Å²) in [4.78, 5) is 10.9. The average molecular weight is 221 g/mol. The maximum absolute atomic E-state index is 10.9. The van der Waals surface area contributed by atoms with Crippen LogP contribution >= 0.6 is 0 Å². The summed E-state index contributed by atoms with van der Waals surface area (Å²) in [6, 6.07) is 7.03. The predicted molar refractivity (Wildman–Crippen MR) is 61.1 cm³/mol. The van der Waals surface area contributed by atoms with Crippen molar-refractivity contribution in [2.24, 2.45) is 5.16 Å². The SMILES string of the molecule is CCC(C(=O)O)c1ccc(C(C)=NO)cc1. The minimum Gasteiger partial charge on any atom is -0.481 e. The van der Waals surface area contributed by atoms with Gasteiger partial charge in [-0.2, -0.15) is 0 Å². The van der Waals surface area contributed by atoms with E-state index in [0.29, 0.717) is 12.1 Å². The zero-order chi connectivity index (χ0) is 12.1. The number of rotatable bonds is 4. The van der Waals surface area contributed by atoms with Crippen LogP contribution < -0.4 is 0 Å². The van der Waals surface area contributed by atoms with Crippen molar-refractivity contribution in [2.75, 3.05) is 0 Å². The second-order valence-electron chi connectivity index (χ2n) is 3.61. The second kappa shape index (κ2) is 5.30. The molecular weight excluding hydrogens is 206 g/mol. The third kappa shape index (κ3) is 2.59. The molecule has 0 amide bonds. The molecule has 0 aliphatic rings. The van der Waals surface area contributed by atoms with Crippen LogP contribution in [-0.2, 0) is 4.79 Å². The third-order valence-electron chi connectivity index (χ3n) is 2.59. The standard InChI is InChI=1S/C12H15NO3/c1-3-11(12(14)15)10-6-4-9(5-7-10)8(2)13-16/h4-7,11,16H,3H2,1-2H3,(H,14,15). The van der Waals surface area contributed by atoms with Crippen molar-refractivity contribution < 1.29 is 15.1 Å². The van der Waals surface area contributed by atoms with Crippen molar-refractivity contribution >= 4 is 11.7 Å². The number of carboxylic acids is 1. The van der Waals surface area contributed by atoms with E-state index in [1.165, 1.54) is 0 Å². The summed E-state index contributed by atoms with van der Waals surface area (Å²) >= 11 is 0. The summed E-state index contributed by atoms with van der Waals surface area (Å²) in [6.07, 6.45) is 0.557. The molecule has 1 aromatic rings. The molecule has 0 fully saturated rings. The molecule has 1 unspecified atom stereocenters. The quantitative estimate of drug-likeness (QED) is 0.466. The molecule has 0 radical (unpaired) electrons. The topological polar surface area (TPSA) is 69.9 Å². The molecule has 4 nitrogen and oxygen atoms in total. The monoisotopic (exact) mass is 221 g/mol. The van der Waals surface area contributed by atoms with Gasteiger partial charge < -0.3 is 10.3 Å². The first-order valence-electron chi connectivity index (χ1n) is 5.12. The van der Waals surface area contributed by atoms with Crippen LogP contribution in [0.2, 0.25) is 0 Å². The zero-order valence-corrected chi connectivity index (χ0v) is 9.34. The number of carbonyl (C=O) groups is 1. The van der Waals surface area contributed by atoms with Crippen molar-refractivity contribution in [3.8, 4) is 0 Å². The number of hydrogen-bond acceptors (Lipinski definition) is 3. The first-order chi connectivity index (χ1) is 7.60. The van der Waals surface area contributed by atoms with Gasteiger partial charge in [0, 0.05) is 0 Å². The fraction of sp³-hybridized carbons (Fsp3) is 0.333. The summed E-state index contributed by atoms with van der Waals surface area (Å²) in [5.41, 5.74) is 2.06. The lowest BCUT2D eigenvalue weighted by Crippen LogP contribution is -2.10. The number of benzene rings is 1. The molecule has 1 rings (SSSR count). The van der Waals surface area contributed by atoms with Crippen molar-refractivity contribution in [1.82, 2.24) is 0 Å². The van der Waals surface area contributed by atoms with Crippen molar-refractivity contribution in [2.45, 2.75) is 26.2 Å². The Bertz CT molecular complexity index is 395. The van der Waals surface area contributed by atoms with Crippen molar-refractivity contribution in [3.05, 3.63) is 35.4 Å². The van der Waals surface area contributed by atoms with E-state index in [4.69, 9.17) is 10.3 Å². The summed E-state index contributed by atoms with van der Waals surface area (Å²) < 4.78 is 0. The molecular formula is C12H15NO3. The maximum atomic E-state index is 10.9. The minimum absolute atomic E-state index is 0.472. The largest absolute Gasteiger partial charge is 0.481 e. The minimum atomic E-state index is -0.817. The fourth-order valence-corrected chi connectivity index (χ4v) is 1.57. The van der Waals surface area contributed by atoms with Crippen LogP contribution in [0.3, 0.4) is 0 Å². The number of hydrogen-bond donors (Lipinski definition) is 2. The molecule has 0 saturated carbocycles. The van der Waals surface area contributed by atoms with Crippen molar-refractivity contribution in [1.29, 1.82) is 0 Å². The van der Waals surface area contributed by atoms with Gasteiger partial charge in [0.05, 0.1) is 11.6 Å². The summed E-state index contributed by atoms with van der Waals surface area (Å²) in [5, 5.41) is 20.7. The summed E-state index contributed by atoms with van der Waals surface area (Å²) in [6.45, 7) is 3.52. The van der Waals surface area contributed by atoms with Crippen LogP contribution in [0.4, 0.5) is 0 Å². The Balaban J connectivity index is 2.98.